The average Bonchev–Trinajstić information content (AvgIpc) is 3.16. The first kappa shape index (κ1) is 16.7. The fraction of sp³-hybridized carbons (Fsp3) is 0.211. The maximum atomic E-state index is 12.3. The smallest absolute Gasteiger partial charge is 0.226 e. The van der Waals surface area contributed by atoms with Gasteiger partial charge in [-0.25, -0.2) is 4.98 Å². The number of hydrogen-bond donors (Lipinski definition) is 0. The third kappa shape index (κ3) is 4.67. The molecule has 0 unspecified atom stereocenters. The average molecular weight is 336 g/mol. The van der Waals surface area contributed by atoms with E-state index in [-0.39, 0.29) is 5.91 Å². The highest BCUT2D eigenvalue weighted by Gasteiger charge is 2.11. The normalized spacial score (nSPS) is 10.4. The highest BCUT2D eigenvalue weighted by molar-refractivity contribution is 5.92. The number of anilines is 1. The number of carbonyl (C=O) groups excluding carboxylic acids is 1. The number of aromatic nitrogens is 3. The largest absolute Gasteiger partial charge is 0.457 e. The third-order valence-corrected chi connectivity index (χ3v) is 3.82. The fourth-order valence-electron chi connectivity index (χ4n) is 2.41. The summed E-state index contributed by atoms with van der Waals surface area (Å²) >= 11 is 0. The number of para-hydroxylation sites is 1. The van der Waals surface area contributed by atoms with Gasteiger partial charge in [-0.1, -0.05) is 18.2 Å². The van der Waals surface area contributed by atoms with Crippen LogP contribution in [0.3, 0.4) is 0 Å². The summed E-state index contributed by atoms with van der Waals surface area (Å²) in [7, 11) is 1.78. The molecule has 2 aromatic carbocycles. The van der Waals surface area contributed by atoms with Crippen LogP contribution < -0.4 is 9.64 Å². The molecule has 1 amide bonds. The van der Waals surface area contributed by atoms with Gasteiger partial charge in [-0.15, -0.1) is 0 Å². The Labute approximate surface area is 146 Å². The van der Waals surface area contributed by atoms with Crippen molar-refractivity contribution in [2.45, 2.75) is 19.4 Å². The van der Waals surface area contributed by atoms with E-state index in [2.05, 4.69) is 10.1 Å². The zero-order chi connectivity index (χ0) is 17.5. The second-order valence-electron chi connectivity index (χ2n) is 5.62. The molecule has 0 N–H and O–H groups in total. The topological polar surface area (TPSA) is 60.2 Å². The van der Waals surface area contributed by atoms with E-state index in [1.807, 2.05) is 54.6 Å². The number of rotatable bonds is 7. The highest BCUT2D eigenvalue weighted by atomic mass is 16.5. The molecule has 0 fully saturated rings. The predicted octanol–water partition coefficient (Wildman–Crippen LogP) is 3.51. The number of hydrogen-bond acceptors (Lipinski definition) is 4. The number of amides is 1. The fourth-order valence-corrected chi connectivity index (χ4v) is 2.41. The van der Waals surface area contributed by atoms with Crippen molar-refractivity contribution in [1.29, 1.82) is 0 Å². The van der Waals surface area contributed by atoms with Crippen LogP contribution in [0.2, 0.25) is 0 Å². The molecule has 3 rings (SSSR count). The monoisotopic (exact) mass is 336 g/mol. The van der Waals surface area contributed by atoms with Gasteiger partial charge in [0.1, 0.15) is 24.2 Å². The highest BCUT2D eigenvalue weighted by Crippen LogP contribution is 2.24. The Morgan fingerprint density at radius 2 is 1.80 bits per heavy atom. The maximum Gasteiger partial charge on any atom is 0.226 e. The molecule has 0 radical (unpaired) electrons. The van der Waals surface area contributed by atoms with Crippen LogP contribution in [-0.4, -0.2) is 27.7 Å². The third-order valence-electron chi connectivity index (χ3n) is 3.82. The van der Waals surface area contributed by atoms with Gasteiger partial charge in [0.05, 0.1) is 0 Å². The Morgan fingerprint density at radius 3 is 2.48 bits per heavy atom. The summed E-state index contributed by atoms with van der Waals surface area (Å²) in [5.74, 6) is 1.59. The van der Waals surface area contributed by atoms with Crippen LogP contribution in [0.25, 0.3) is 0 Å². The minimum Gasteiger partial charge on any atom is -0.457 e. The van der Waals surface area contributed by atoms with E-state index in [0.717, 1.165) is 23.6 Å². The van der Waals surface area contributed by atoms with Gasteiger partial charge in [-0.3, -0.25) is 9.48 Å². The molecule has 25 heavy (non-hydrogen) atoms. The second kappa shape index (κ2) is 8.10. The lowest BCUT2D eigenvalue weighted by atomic mass is 10.2. The van der Waals surface area contributed by atoms with Gasteiger partial charge in [0, 0.05) is 25.7 Å². The van der Waals surface area contributed by atoms with Gasteiger partial charge in [0.2, 0.25) is 5.91 Å². The zero-order valence-electron chi connectivity index (χ0n) is 14.1. The number of carbonyl (C=O) groups is 1. The van der Waals surface area contributed by atoms with Crippen molar-refractivity contribution in [1.82, 2.24) is 14.8 Å². The quantitative estimate of drug-likeness (QED) is 0.662. The second-order valence-corrected chi connectivity index (χ2v) is 5.62. The Balaban J connectivity index is 1.52. The maximum absolute atomic E-state index is 12.3. The minimum absolute atomic E-state index is 0.0665. The molecule has 0 aliphatic carbocycles. The summed E-state index contributed by atoms with van der Waals surface area (Å²) < 4.78 is 7.49. The van der Waals surface area contributed by atoms with Crippen molar-refractivity contribution in [2.24, 2.45) is 0 Å². The lowest BCUT2D eigenvalue weighted by Crippen LogP contribution is -2.26. The molecule has 0 saturated carbocycles. The summed E-state index contributed by atoms with van der Waals surface area (Å²) in [6.45, 7) is 0.684. The molecule has 0 saturated heterocycles. The van der Waals surface area contributed by atoms with E-state index in [4.69, 9.17) is 4.74 Å². The Bertz CT molecular complexity index is 786. The molecule has 1 aromatic heterocycles. The van der Waals surface area contributed by atoms with E-state index >= 15 is 0 Å². The first-order valence-corrected chi connectivity index (χ1v) is 8.14. The van der Waals surface area contributed by atoms with Crippen molar-refractivity contribution in [3.05, 3.63) is 67.3 Å². The van der Waals surface area contributed by atoms with Crippen molar-refractivity contribution in [3.63, 3.8) is 0 Å². The van der Waals surface area contributed by atoms with Crippen LogP contribution in [-0.2, 0) is 11.3 Å². The Kier molecular flexibility index (Phi) is 5.41. The van der Waals surface area contributed by atoms with Crippen LogP contribution in [0, 0.1) is 0 Å². The number of ether oxygens (including phenoxy) is 1. The van der Waals surface area contributed by atoms with Crippen molar-refractivity contribution in [2.75, 3.05) is 11.9 Å². The van der Waals surface area contributed by atoms with Gasteiger partial charge in [-0.05, 0) is 42.8 Å². The summed E-state index contributed by atoms with van der Waals surface area (Å²) in [6, 6.07) is 17.1. The van der Waals surface area contributed by atoms with Crippen LogP contribution >= 0.6 is 0 Å². The summed E-state index contributed by atoms with van der Waals surface area (Å²) in [5.41, 5.74) is 0.839. The molecule has 128 valence electrons. The summed E-state index contributed by atoms with van der Waals surface area (Å²) in [6.07, 6.45) is 4.33. The lowest BCUT2D eigenvalue weighted by molar-refractivity contribution is -0.118. The van der Waals surface area contributed by atoms with Crippen LogP contribution in [0.5, 0.6) is 11.5 Å². The zero-order valence-corrected chi connectivity index (χ0v) is 14.1. The molecular weight excluding hydrogens is 316 g/mol. The van der Waals surface area contributed by atoms with Gasteiger partial charge < -0.3 is 9.64 Å². The molecular formula is C19H20N4O2. The van der Waals surface area contributed by atoms with Gasteiger partial charge in [0.25, 0.3) is 0 Å². The van der Waals surface area contributed by atoms with Gasteiger partial charge in [0.15, 0.2) is 0 Å². The van der Waals surface area contributed by atoms with Gasteiger partial charge in [-0.2, -0.15) is 5.10 Å². The van der Waals surface area contributed by atoms with Crippen molar-refractivity contribution >= 4 is 11.6 Å². The van der Waals surface area contributed by atoms with Crippen LogP contribution in [0.15, 0.2) is 67.3 Å². The number of benzene rings is 2. The standard InChI is InChI=1S/C19H20N4O2/c1-22(19(24)8-5-13-23-15-20-14-21-23)16-9-11-18(12-10-16)25-17-6-3-2-4-7-17/h2-4,6-7,9-12,14-15H,5,8,13H2,1H3. The molecule has 1 heterocycles. The van der Waals surface area contributed by atoms with Gasteiger partial charge >= 0.3 is 0 Å². The molecule has 3 aromatic rings. The Hall–Kier alpha value is -3.15. The van der Waals surface area contributed by atoms with Crippen molar-refractivity contribution in [3.8, 4) is 11.5 Å². The molecule has 0 spiro atoms. The van der Waals surface area contributed by atoms with Crippen LogP contribution in [0.4, 0.5) is 5.69 Å². The van der Waals surface area contributed by atoms with E-state index in [1.165, 1.54) is 6.33 Å². The molecule has 0 aliphatic rings. The molecule has 6 nitrogen and oxygen atoms in total. The van der Waals surface area contributed by atoms with E-state index < -0.39 is 0 Å². The number of aryl methyl sites for hydroxylation is 1. The molecule has 6 heteroatoms. The minimum atomic E-state index is 0.0665. The molecule has 0 atom stereocenters. The van der Waals surface area contributed by atoms with Crippen LogP contribution in [0.1, 0.15) is 12.8 Å². The van der Waals surface area contributed by atoms with E-state index in [1.54, 1.807) is 23.0 Å². The van der Waals surface area contributed by atoms with Crippen molar-refractivity contribution < 1.29 is 9.53 Å². The lowest BCUT2D eigenvalue weighted by Gasteiger charge is -2.18. The first-order chi connectivity index (χ1) is 12.2. The molecule has 0 aliphatic heterocycles. The Morgan fingerprint density at radius 1 is 1.08 bits per heavy atom. The molecule has 0 bridgehead atoms. The SMILES string of the molecule is CN(C(=O)CCCn1cncn1)c1ccc(Oc2ccccc2)cc1. The van der Waals surface area contributed by atoms with E-state index in [9.17, 15) is 4.79 Å². The first-order valence-electron chi connectivity index (χ1n) is 8.14. The van der Waals surface area contributed by atoms with E-state index in [0.29, 0.717) is 13.0 Å². The summed E-state index contributed by atoms with van der Waals surface area (Å²) in [5, 5.41) is 4.03. The predicted molar refractivity (Wildman–Crippen MR) is 95.6 cm³/mol. The number of nitrogens with zero attached hydrogens (tertiary/aromatic N) is 4. The summed E-state index contributed by atoms with van der Waals surface area (Å²) in [4.78, 5) is 17.8.